The summed E-state index contributed by atoms with van der Waals surface area (Å²) >= 11 is 8.10. The van der Waals surface area contributed by atoms with E-state index in [1.165, 1.54) is 11.1 Å². The average Bonchev–Trinajstić information content (AvgIpc) is 4.01. The summed E-state index contributed by atoms with van der Waals surface area (Å²) in [4.78, 5) is 72.4. The number of anilines is 4. The fourth-order valence-corrected chi connectivity index (χ4v) is 11.9. The van der Waals surface area contributed by atoms with E-state index in [0.29, 0.717) is 55.9 Å². The quantitative estimate of drug-likeness (QED) is 0.0432. The number of thiazole rings is 1. The van der Waals surface area contributed by atoms with Crippen molar-refractivity contribution in [2.24, 2.45) is 5.41 Å². The Labute approximate surface area is 462 Å². The second-order valence-electron chi connectivity index (χ2n) is 21.8. The van der Waals surface area contributed by atoms with E-state index >= 15 is 0 Å². The standard InChI is InChI=1S/C57H74ClN9O8S2/c1-34(2)75-47-29-42(36(5)27-45(47)63-56-60-31-43(58)53(65-56)62-44-15-13-14-16-48(44)77(73,74)35(3)4)39-23-25-66(26-24-39)50(70)18-12-10-11-17-49(69)64-52(57(7,8)9)55(72)67-32-41(68)28-46(67)54(71)59-30-38-19-21-40(22-20-38)51-37(6)61-33-76-51/h13-16,19-22,27,29,31,33-35,39,41,46,52,68H,10-12,17-18,23-26,28,30,32H2,1-9H3,(H,59,71)(H,64,69)(H2,60,62,63,65)/t41-,46+,52-/m1/s1. The largest absolute Gasteiger partial charge is 0.489 e. The number of aliphatic hydroxyl groups is 1. The number of halogens is 1. The molecule has 0 saturated carbocycles. The highest BCUT2D eigenvalue weighted by Crippen LogP contribution is 2.39. The van der Waals surface area contributed by atoms with E-state index < -0.39 is 44.6 Å². The number of nitrogens with one attached hydrogen (secondary N) is 4. The molecule has 4 heterocycles. The number of nitrogens with zero attached hydrogens (tertiary/aromatic N) is 5. The molecule has 2 saturated heterocycles. The Morgan fingerprint density at radius 2 is 1.61 bits per heavy atom. The molecule has 2 aliphatic rings. The molecule has 2 aromatic heterocycles. The van der Waals surface area contributed by atoms with Crippen LogP contribution in [0.5, 0.6) is 5.75 Å². The molecule has 77 heavy (non-hydrogen) atoms. The Hall–Kier alpha value is -6.15. The van der Waals surface area contributed by atoms with Crippen molar-refractivity contribution in [3.63, 3.8) is 0 Å². The number of amides is 4. The lowest BCUT2D eigenvalue weighted by Gasteiger charge is -2.35. The van der Waals surface area contributed by atoms with E-state index in [1.54, 1.807) is 49.4 Å². The predicted octanol–water partition coefficient (Wildman–Crippen LogP) is 9.79. The van der Waals surface area contributed by atoms with Crippen molar-refractivity contribution in [3.05, 3.63) is 99.8 Å². The van der Waals surface area contributed by atoms with Crippen LogP contribution in [0.1, 0.15) is 128 Å². The van der Waals surface area contributed by atoms with Crippen LogP contribution in [0.4, 0.5) is 23.1 Å². The van der Waals surface area contributed by atoms with Gasteiger partial charge < -0.3 is 40.9 Å². The van der Waals surface area contributed by atoms with Crippen molar-refractivity contribution in [2.45, 2.75) is 161 Å². The van der Waals surface area contributed by atoms with E-state index in [-0.39, 0.29) is 77.4 Å². The topological polar surface area (TPSA) is 225 Å². The van der Waals surface area contributed by atoms with Gasteiger partial charge in [0.15, 0.2) is 15.7 Å². The highest BCUT2D eigenvalue weighted by molar-refractivity contribution is 7.92. The summed E-state index contributed by atoms with van der Waals surface area (Å²) in [6.45, 7) is 18.2. The molecule has 17 nitrogen and oxygen atoms in total. The lowest BCUT2D eigenvalue weighted by Crippen LogP contribution is -2.57. The summed E-state index contributed by atoms with van der Waals surface area (Å²) in [7, 11) is -3.61. The fourth-order valence-electron chi connectivity index (χ4n) is 9.78. The van der Waals surface area contributed by atoms with Gasteiger partial charge in [-0.15, -0.1) is 11.3 Å². The summed E-state index contributed by atoms with van der Waals surface area (Å²) in [6.07, 6.45) is 4.46. The first kappa shape index (κ1) is 58.5. The number of sulfone groups is 1. The van der Waals surface area contributed by atoms with Gasteiger partial charge in [0.05, 0.1) is 56.0 Å². The van der Waals surface area contributed by atoms with E-state index in [2.05, 4.69) is 42.3 Å². The third-order valence-corrected chi connectivity index (χ3v) is 17.5. The molecule has 7 rings (SSSR count). The summed E-state index contributed by atoms with van der Waals surface area (Å²) in [5, 5.41) is 22.5. The molecule has 0 spiro atoms. The van der Waals surface area contributed by atoms with Gasteiger partial charge in [-0.2, -0.15) is 4.98 Å². The third kappa shape index (κ3) is 14.9. The van der Waals surface area contributed by atoms with Gasteiger partial charge in [0.2, 0.25) is 29.6 Å². The maximum Gasteiger partial charge on any atom is 0.246 e. The number of aromatic nitrogens is 3. The lowest BCUT2D eigenvalue weighted by molar-refractivity contribution is -0.144. The molecule has 5 N–H and O–H groups in total. The molecule has 0 unspecified atom stereocenters. The fraction of sp³-hybridized carbons (Fsp3) is 0.491. The van der Waals surface area contributed by atoms with Crippen LogP contribution in [-0.4, -0.2) is 111 Å². The Kier molecular flexibility index (Phi) is 19.4. The van der Waals surface area contributed by atoms with Gasteiger partial charge in [-0.05, 0) is 125 Å². The zero-order valence-electron chi connectivity index (χ0n) is 45.6. The number of hydrogen-bond donors (Lipinski definition) is 5. The number of carbonyl (C=O) groups excluding carboxylic acids is 4. The summed E-state index contributed by atoms with van der Waals surface area (Å²) < 4.78 is 32.6. The molecule has 4 amide bonds. The van der Waals surface area contributed by atoms with E-state index in [4.69, 9.17) is 16.3 Å². The number of benzene rings is 3. The SMILES string of the molecule is Cc1cc(Nc2ncc(Cl)c(Nc3ccccc3S(=O)(=O)C(C)C)n2)c(OC(C)C)cc1C1CCN(C(=O)CCCCCC(=O)N[C@H](C(=O)N2C[C@H](O)C[C@H]2C(=O)NCc2ccc(-c3scnc3C)cc2)C(C)(C)C)CC1. The maximum absolute atomic E-state index is 14.1. The number of piperidine rings is 1. The van der Waals surface area contributed by atoms with Crippen molar-refractivity contribution in [1.82, 2.24) is 35.4 Å². The summed E-state index contributed by atoms with van der Waals surface area (Å²) in [6, 6.07) is 16.8. The first-order chi connectivity index (χ1) is 36.5. The first-order valence-electron chi connectivity index (χ1n) is 26.5. The second-order valence-corrected chi connectivity index (χ2v) is 25.5. The molecule has 2 fully saturated rings. The molecule has 3 aromatic carbocycles. The monoisotopic (exact) mass is 1110 g/mol. The number of aryl methyl sites for hydroxylation is 2. The minimum atomic E-state index is -3.61. The van der Waals surface area contributed by atoms with Crippen LogP contribution >= 0.6 is 22.9 Å². The van der Waals surface area contributed by atoms with Gasteiger partial charge >= 0.3 is 0 Å². The molecule has 0 radical (unpaired) electrons. The van der Waals surface area contributed by atoms with E-state index in [1.807, 2.05) is 89.2 Å². The van der Waals surface area contributed by atoms with Gasteiger partial charge in [-0.25, -0.2) is 18.4 Å². The molecule has 0 aliphatic carbocycles. The molecule has 0 bridgehead atoms. The van der Waals surface area contributed by atoms with Crippen molar-refractivity contribution in [2.75, 3.05) is 30.3 Å². The Morgan fingerprint density at radius 3 is 2.27 bits per heavy atom. The van der Waals surface area contributed by atoms with Crippen molar-refractivity contribution >= 4 is 79.5 Å². The van der Waals surface area contributed by atoms with Crippen molar-refractivity contribution in [3.8, 4) is 16.2 Å². The number of β-amino-alcohol motifs (C(OH)–C–C–N with tert-alkyl or cyclic N) is 1. The number of rotatable bonds is 21. The van der Waals surface area contributed by atoms with Crippen LogP contribution in [0, 0.1) is 19.3 Å². The highest BCUT2D eigenvalue weighted by Gasteiger charge is 2.44. The van der Waals surface area contributed by atoms with E-state index in [9.17, 15) is 32.7 Å². The second kappa shape index (κ2) is 25.5. The Balaban J connectivity index is 0.871. The molecular weight excluding hydrogens is 1040 g/mol. The minimum Gasteiger partial charge on any atom is -0.489 e. The number of para-hydroxylation sites is 1. The lowest BCUT2D eigenvalue weighted by atomic mass is 9.85. The van der Waals surface area contributed by atoms with Crippen molar-refractivity contribution < 1.29 is 37.4 Å². The van der Waals surface area contributed by atoms with E-state index in [0.717, 1.165) is 45.7 Å². The third-order valence-electron chi connectivity index (χ3n) is 14.1. The number of carbonyl (C=O) groups is 4. The van der Waals surface area contributed by atoms with Gasteiger partial charge in [-0.3, -0.25) is 19.2 Å². The van der Waals surface area contributed by atoms with Crippen LogP contribution in [0.3, 0.4) is 0 Å². The zero-order valence-corrected chi connectivity index (χ0v) is 48.0. The number of ether oxygens (including phenoxy) is 1. The number of likely N-dealkylation sites (tertiary alicyclic amines) is 2. The summed E-state index contributed by atoms with van der Waals surface area (Å²) in [5.74, 6) is 0.296. The van der Waals surface area contributed by atoms with Crippen LogP contribution in [0.2, 0.25) is 5.02 Å². The van der Waals surface area contributed by atoms with Crippen LogP contribution in [-0.2, 0) is 35.6 Å². The molecule has 20 heteroatoms. The van der Waals surface area contributed by atoms with Gasteiger partial charge in [-0.1, -0.05) is 75.2 Å². The number of hydrogen-bond acceptors (Lipinski definition) is 14. The van der Waals surface area contributed by atoms with Crippen molar-refractivity contribution in [1.29, 1.82) is 0 Å². The molecule has 3 atom stereocenters. The first-order valence-corrected chi connectivity index (χ1v) is 29.3. The minimum absolute atomic E-state index is 0.00874. The molecule has 2 aliphatic heterocycles. The molecule has 414 valence electrons. The predicted molar refractivity (Wildman–Crippen MR) is 303 cm³/mol. The van der Waals surface area contributed by atoms with Gasteiger partial charge in [0.25, 0.3) is 0 Å². The molecular formula is C57H74ClN9O8S2. The average molecular weight is 1110 g/mol. The highest BCUT2D eigenvalue weighted by atomic mass is 35.5. The number of unbranched alkanes of at least 4 members (excludes halogenated alkanes) is 2. The zero-order chi connectivity index (χ0) is 55.8. The normalized spacial score (nSPS) is 16.6. The molecule has 5 aromatic rings. The van der Waals surface area contributed by atoms with Gasteiger partial charge in [0.1, 0.15) is 22.9 Å². The number of aliphatic hydroxyl groups excluding tert-OH is 1. The Bertz CT molecular complexity index is 3010. The van der Waals surface area contributed by atoms with Crippen LogP contribution in [0.25, 0.3) is 10.4 Å². The summed E-state index contributed by atoms with van der Waals surface area (Å²) in [5.41, 5.74) is 7.20. The van der Waals surface area contributed by atoms with Crippen LogP contribution in [0.15, 0.2) is 77.3 Å². The smallest absolute Gasteiger partial charge is 0.246 e. The Morgan fingerprint density at radius 1 is 0.909 bits per heavy atom. The van der Waals surface area contributed by atoms with Crippen LogP contribution < -0.4 is 26.0 Å². The van der Waals surface area contributed by atoms with Gasteiger partial charge in [0, 0.05) is 45.4 Å². The maximum atomic E-state index is 14.1.